The molecule has 0 fully saturated rings. The van der Waals surface area contributed by atoms with Crippen LogP contribution in [0.25, 0.3) is 11.0 Å². The lowest BCUT2D eigenvalue weighted by molar-refractivity contribution is -0.383. The third-order valence-electron chi connectivity index (χ3n) is 5.69. The molecule has 9 heteroatoms. The first kappa shape index (κ1) is 22.9. The highest BCUT2D eigenvalue weighted by Crippen LogP contribution is 2.37. The molecule has 0 radical (unpaired) electrons. The van der Waals surface area contributed by atoms with Crippen molar-refractivity contribution in [2.45, 2.75) is 13.5 Å². The number of para-hydroxylation sites is 2. The lowest BCUT2D eigenvalue weighted by Gasteiger charge is -2.09. The molecule has 0 saturated carbocycles. The van der Waals surface area contributed by atoms with E-state index in [0.29, 0.717) is 40.6 Å². The number of nitrogens with one attached hydrogen (secondary N) is 1. The Morgan fingerprint density at radius 1 is 0.972 bits per heavy atom. The van der Waals surface area contributed by atoms with Crippen LogP contribution in [0.5, 0.6) is 17.2 Å². The van der Waals surface area contributed by atoms with Gasteiger partial charge in [-0.2, -0.15) is 5.10 Å². The summed E-state index contributed by atoms with van der Waals surface area (Å²) in [5.74, 6) is 2.36. The first-order chi connectivity index (χ1) is 17.5. The predicted octanol–water partition coefficient (Wildman–Crippen LogP) is 6.24. The molecule has 180 valence electrons. The number of nitrogens with zero attached hydrogens (tertiary/aromatic N) is 4. The van der Waals surface area contributed by atoms with Gasteiger partial charge in [0, 0.05) is 18.3 Å². The minimum atomic E-state index is -0.430. The Labute approximate surface area is 207 Å². The number of anilines is 2. The number of ether oxygens (including phenoxy) is 2. The number of nitro benzene ring substituents is 1. The van der Waals surface area contributed by atoms with Crippen LogP contribution in [0.4, 0.5) is 17.2 Å². The van der Waals surface area contributed by atoms with Crippen LogP contribution in [0.2, 0.25) is 0 Å². The van der Waals surface area contributed by atoms with E-state index in [-0.39, 0.29) is 5.69 Å². The van der Waals surface area contributed by atoms with Crippen LogP contribution in [0.1, 0.15) is 11.1 Å². The van der Waals surface area contributed by atoms with Gasteiger partial charge >= 0.3 is 0 Å². The van der Waals surface area contributed by atoms with Crippen LogP contribution in [0, 0.1) is 17.0 Å². The van der Waals surface area contributed by atoms with Gasteiger partial charge < -0.3 is 14.8 Å². The highest BCUT2D eigenvalue weighted by molar-refractivity contribution is 5.95. The van der Waals surface area contributed by atoms with Crippen LogP contribution in [0.15, 0.2) is 85.1 Å². The van der Waals surface area contributed by atoms with E-state index in [9.17, 15) is 10.1 Å². The number of fused-ring (bicyclic) bond motifs is 1. The molecule has 36 heavy (non-hydrogen) atoms. The summed E-state index contributed by atoms with van der Waals surface area (Å²) in [5, 5.41) is 20.1. The van der Waals surface area contributed by atoms with E-state index in [4.69, 9.17) is 14.6 Å². The fourth-order valence-corrected chi connectivity index (χ4v) is 3.86. The van der Waals surface area contributed by atoms with Gasteiger partial charge in [-0.15, -0.1) is 0 Å². The van der Waals surface area contributed by atoms with Gasteiger partial charge in [-0.1, -0.05) is 42.0 Å². The molecular formula is C27H23N5O4. The SMILES string of the molecule is COc1ccc(Cn2nc(Nc3ccccc3[N+](=O)[O-])c3c(Oc4ccc(C)cc4)ccnc32)cc1. The number of pyridine rings is 1. The first-order valence-electron chi connectivity index (χ1n) is 11.3. The molecule has 5 rings (SSSR count). The molecule has 2 aromatic heterocycles. The molecular weight excluding hydrogens is 458 g/mol. The van der Waals surface area contributed by atoms with E-state index < -0.39 is 4.92 Å². The number of hydrogen-bond donors (Lipinski definition) is 1. The zero-order chi connectivity index (χ0) is 25.1. The van der Waals surface area contributed by atoms with Crippen molar-refractivity contribution in [2.24, 2.45) is 0 Å². The van der Waals surface area contributed by atoms with E-state index >= 15 is 0 Å². The van der Waals surface area contributed by atoms with Crippen molar-refractivity contribution >= 4 is 28.2 Å². The Bertz CT molecular complexity index is 1530. The molecule has 9 nitrogen and oxygen atoms in total. The van der Waals surface area contributed by atoms with E-state index in [2.05, 4.69) is 10.3 Å². The molecule has 1 N–H and O–H groups in total. The zero-order valence-corrected chi connectivity index (χ0v) is 19.7. The summed E-state index contributed by atoms with van der Waals surface area (Å²) >= 11 is 0. The molecule has 0 aliphatic rings. The molecule has 0 spiro atoms. The smallest absolute Gasteiger partial charge is 0.292 e. The highest BCUT2D eigenvalue weighted by Gasteiger charge is 2.21. The fraction of sp³-hybridized carbons (Fsp3) is 0.111. The Hall–Kier alpha value is -4.92. The molecule has 0 saturated heterocycles. The van der Waals surface area contributed by atoms with Gasteiger partial charge in [-0.25, -0.2) is 9.67 Å². The monoisotopic (exact) mass is 481 g/mol. The molecule has 0 unspecified atom stereocenters. The number of benzene rings is 3. The summed E-state index contributed by atoms with van der Waals surface area (Å²) in [6, 6.07) is 23.6. The average molecular weight is 482 g/mol. The summed E-state index contributed by atoms with van der Waals surface area (Å²) < 4.78 is 13.2. The van der Waals surface area contributed by atoms with Crippen LogP contribution in [-0.4, -0.2) is 26.8 Å². The third-order valence-corrected chi connectivity index (χ3v) is 5.69. The summed E-state index contributed by atoms with van der Waals surface area (Å²) in [4.78, 5) is 15.7. The van der Waals surface area contributed by atoms with Gasteiger partial charge in [-0.05, 0) is 42.8 Å². The van der Waals surface area contributed by atoms with Crippen molar-refractivity contribution in [3.8, 4) is 17.2 Å². The topological polar surface area (TPSA) is 104 Å². The van der Waals surface area contributed by atoms with Gasteiger partial charge in [0.25, 0.3) is 5.69 Å². The van der Waals surface area contributed by atoms with Gasteiger partial charge in [-0.3, -0.25) is 10.1 Å². The summed E-state index contributed by atoms with van der Waals surface area (Å²) in [6.07, 6.45) is 1.66. The third kappa shape index (κ3) is 4.67. The Morgan fingerprint density at radius 3 is 2.42 bits per heavy atom. The van der Waals surface area contributed by atoms with Crippen LogP contribution in [0.3, 0.4) is 0 Å². The van der Waals surface area contributed by atoms with E-state index in [1.807, 2.05) is 55.5 Å². The maximum Gasteiger partial charge on any atom is 0.292 e. The second-order valence-electron chi connectivity index (χ2n) is 8.18. The maximum atomic E-state index is 11.6. The minimum Gasteiger partial charge on any atom is -0.497 e. The van der Waals surface area contributed by atoms with Crippen molar-refractivity contribution < 1.29 is 14.4 Å². The standard InChI is InChI=1S/C27H23N5O4/c1-18-7-11-21(12-8-18)36-24-15-16-28-27-25(24)26(29-22-5-3-4-6-23(22)32(33)34)30-31(27)17-19-9-13-20(35-2)14-10-19/h3-16H,17H2,1-2H3,(H,29,30). The number of aryl methyl sites for hydroxylation is 1. The lowest BCUT2D eigenvalue weighted by Crippen LogP contribution is -2.03. The van der Waals surface area contributed by atoms with Crippen molar-refractivity contribution in [1.82, 2.24) is 14.8 Å². The van der Waals surface area contributed by atoms with Crippen molar-refractivity contribution in [3.63, 3.8) is 0 Å². The molecule has 3 aromatic carbocycles. The van der Waals surface area contributed by atoms with Gasteiger partial charge in [0.2, 0.25) is 0 Å². The first-order valence-corrected chi connectivity index (χ1v) is 11.3. The average Bonchev–Trinajstić information content (AvgIpc) is 3.24. The molecule has 0 aliphatic carbocycles. The molecule has 2 heterocycles. The highest BCUT2D eigenvalue weighted by atomic mass is 16.6. The molecule has 0 aliphatic heterocycles. The second kappa shape index (κ2) is 9.75. The fourth-order valence-electron chi connectivity index (χ4n) is 3.86. The summed E-state index contributed by atoms with van der Waals surface area (Å²) in [6.45, 7) is 2.44. The lowest BCUT2D eigenvalue weighted by atomic mass is 10.2. The summed E-state index contributed by atoms with van der Waals surface area (Å²) in [7, 11) is 1.62. The van der Waals surface area contributed by atoms with E-state index in [1.165, 1.54) is 6.07 Å². The molecule has 5 aromatic rings. The zero-order valence-electron chi connectivity index (χ0n) is 19.7. The number of methoxy groups -OCH3 is 1. The predicted molar refractivity (Wildman–Crippen MR) is 137 cm³/mol. The second-order valence-corrected chi connectivity index (χ2v) is 8.18. The number of hydrogen-bond acceptors (Lipinski definition) is 7. The number of aromatic nitrogens is 3. The van der Waals surface area contributed by atoms with Crippen molar-refractivity contribution in [1.29, 1.82) is 0 Å². The Kier molecular flexibility index (Phi) is 6.19. The maximum absolute atomic E-state index is 11.6. The van der Waals surface area contributed by atoms with Crippen LogP contribution < -0.4 is 14.8 Å². The molecule has 0 atom stereocenters. The largest absolute Gasteiger partial charge is 0.497 e. The quantitative estimate of drug-likeness (QED) is 0.207. The number of nitro groups is 1. The normalized spacial score (nSPS) is 10.8. The van der Waals surface area contributed by atoms with Crippen molar-refractivity contribution in [3.05, 3.63) is 106 Å². The van der Waals surface area contributed by atoms with E-state index in [1.54, 1.807) is 42.3 Å². The van der Waals surface area contributed by atoms with Crippen molar-refractivity contribution in [2.75, 3.05) is 12.4 Å². The number of rotatable bonds is 8. The molecule has 0 amide bonds. The minimum absolute atomic E-state index is 0.0553. The summed E-state index contributed by atoms with van der Waals surface area (Å²) in [5.41, 5.74) is 2.96. The van der Waals surface area contributed by atoms with E-state index in [0.717, 1.165) is 16.9 Å². The Balaban J connectivity index is 1.61. The molecule has 0 bridgehead atoms. The van der Waals surface area contributed by atoms with Crippen LogP contribution in [-0.2, 0) is 6.54 Å². The van der Waals surface area contributed by atoms with Gasteiger partial charge in [0.15, 0.2) is 11.5 Å². The van der Waals surface area contributed by atoms with Gasteiger partial charge in [0.1, 0.15) is 28.3 Å². The Morgan fingerprint density at radius 2 is 1.69 bits per heavy atom. The van der Waals surface area contributed by atoms with Crippen LogP contribution >= 0.6 is 0 Å². The van der Waals surface area contributed by atoms with Gasteiger partial charge in [0.05, 0.1) is 18.6 Å².